The van der Waals surface area contributed by atoms with E-state index >= 15 is 0 Å². The highest BCUT2D eigenvalue weighted by atomic mass is 16.5. The number of phenolic OH excluding ortho intramolecular Hbond substituents is 1. The Labute approximate surface area is 165 Å². The maximum Gasteiger partial charge on any atom is 0.224 e. The summed E-state index contributed by atoms with van der Waals surface area (Å²) in [6.45, 7) is 4.72. The topological polar surface area (TPSA) is 90.8 Å². The van der Waals surface area contributed by atoms with E-state index in [1.807, 2.05) is 0 Å². The van der Waals surface area contributed by atoms with Gasteiger partial charge in [0.05, 0.1) is 5.69 Å². The van der Waals surface area contributed by atoms with E-state index in [-0.39, 0.29) is 24.3 Å². The van der Waals surface area contributed by atoms with Crippen molar-refractivity contribution in [3.05, 3.63) is 53.1 Å². The number of hydrogen-bond acceptors (Lipinski definition) is 5. The highest BCUT2D eigenvalue weighted by Gasteiger charge is 2.22. The monoisotopic (exact) mass is 384 g/mol. The first-order valence-electron chi connectivity index (χ1n) is 9.67. The van der Waals surface area contributed by atoms with E-state index in [4.69, 9.17) is 4.74 Å². The Bertz CT molecular complexity index is 820. The zero-order valence-corrected chi connectivity index (χ0v) is 16.4. The Morgan fingerprint density at radius 1 is 1.18 bits per heavy atom. The quantitative estimate of drug-likeness (QED) is 0.525. The van der Waals surface area contributed by atoms with Crippen LogP contribution in [-0.2, 0) is 17.6 Å². The molecule has 1 amide bonds. The van der Waals surface area contributed by atoms with Crippen LogP contribution < -0.4 is 15.4 Å². The minimum absolute atomic E-state index is 0.0301. The molecule has 0 fully saturated rings. The highest BCUT2D eigenvalue weighted by molar-refractivity contribution is 5.96. The van der Waals surface area contributed by atoms with Crippen LogP contribution >= 0.6 is 0 Å². The first-order valence-corrected chi connectivity index (χ1v) is 9.67. The second-order valence-electron chi connectivity index (χ2n) is 7.45. The number of aliphatic hydroxyl groups is 1. The van der Waals surface area contributed by atoms with E-state index < -0.39 is 6.10 Å². The molecule has 2 aromatic rings. The number of amides is 1. The number of carbonyl (C=O) groups excluding carboxylic acids is 1. The number of benzene rings is 2. The van der Waals surface area contributed by atoms with Crippen LogP contribution in [0.15, 0.2) is 36.4 Å². The highest BCUT2D eigenvalue weighted by Crippen LogP contribution is 2.38. The fourth-order valence-electron chi connectivity index (χ4n) is 3.31. The summed E-state index contributed by atoms with van der Waals surface area (Å²) in [5.41, 5.74) is 3.68. The van der Waals surface area contributed by atoms with Gasteiger partial charge < -0.3 is 25.6 Å². The number of ether oxygens (including phenoxy) is 1. The molecule has 6 heteroatoms. The van der Waals surface area contributed by atoms with Crippen LogP contribution in [0.1, 0.15) is 30.0 Å². The molecule has 3 rings (SSSR count). The third-order valence-corrected chi connectivity index (χ3v) is 4.91. The van der Waals surface area contributed by atoms with Gasteiger partial charge in [-0.3, -0.25) is 4.79 Å². The Kier molecular flexibility index (Phi) is 6.54. The summed E-state index contributed by atoms with van der Waals surface area (Å²) in [4.78, 5) is 11.5. The molecule has 4 N–H and O–H groups in total. The molecule has 0 bridgehead atoms. The van der Waals surface area contributed by atoms with Crippen molar-refractivity contribution < 1.29 is 19.7 Å². The molecule has 2 unspecified atom stereocenters. The summed E-state index contributed by atoms with van der Waals surface area (Å²) in [5.74, 6) is 0.494. The lowest BCUT2D eigenvalue weighted by molar-refractivity contribution is -0.116. The van der Waals surface area contributed by atoms with Gasteiger partial charge in [0.15, 0.2) is 0 Å². The molecule has 28 heavy (non-hydrogen) atoms. The molecular weight excluding hydrogens is 356 g/mol. The summed E-state index contributed by atoms with van der Waals surface area (Å²) >= 11 is 0. The second-order valence-corrected chi connectivity index (χ2v) is 7.45. The largest absolute Gasteiger partial charge is 0.506 e. The van der Waals surface area contributed by atoms with Crippen LogP contribution in [0.2, 0.25) is 0 Å². The van der Waals surface area contributed by atoms with Crippen LogP contribution in [0, 0.1) is 6.92 Å². The SMILES string of the molecule is Cc1ccc(CC(C)NCC(O)COc2ccc(O)c3c2CCC(=O)N3)cc1. The van der Waals surface area contributed by atoms with Gasteiger partial charge >= 0.3 is 0 Å². The number of phenols is 1. The Hall–Kier alpha value is -2.57. The van der Waals surface area contributed by atoms with Gasteiger partial charge in [0, 0.05) is 24.6 Å². The number of aromatic hydroxyl groups is 1. The lowest BCUT2D eigenvalue weighted by atomic mass is 10.0. The van der Waals surface area contributed by atoms with E-state index in [9.17, 15) is 15.0 Å². The standard InChI is InChI=1S/C22H28N2O4/c1-14-3-5-16(6-4-14)11-15(2)23-12-17(25)13-28-20-9-8-19(26)22-18(20)7-10-21(27)24-22/h3-6,8-9,15,17,23,25-26H,7,10-13H2,1-2H3,(H,24,27). The number of aliphatic hydroxyl groups excluding tert-OH is 1. The number of fused-ring (bicyclic) bond motifs is 1. The van der Waals surface area contributed by atoms with Crippen LogP contribution in [-0.4, -0.2) is 41.4 Å². The van der Waals surface area contributed by atoms with Gasteiger partial charge in [-0.25, -0.2) is 0 Å². The number of anilines is 1. The number of carbonyl (C=O) groups is 1. The van der Waals surface area contributed by atoms with Gasteiger partial charge in [0.1, 0.15) is 24.2 Å². The lowest BCUT2D eigenvalue weighted by Crippen LogP contribution is -2.37. The van der Waals surface area contributed by atoms with E-state index in [0.717, 1.165) is 12.0 Å². The van der Waals surface area contributed by atoms with Crippen molar-refractivity contribution in [3.8, 4) is 11.5 Å². The third-order valence-electron chi connectivity index (χ3n) is 4.91. The number of rotatable bonds is 8. The lowest BCUT2D eigenvalue weighted by Gasteiger charge is -2.22. The van der Waals surface area contributed by atoms with Crippen LogP contribution in [0.3, 0.4) is 0 Å². The summed E-state index contributed by atoms with van der Waals surface area (Å²) in [6, 6.07) is 11.9. The Morgan fingerprint density at radius 3 is 2.68 bits per heavy atom. The van der Waals surface area contributed by atoms with Crippen LogP contribution in [0.4, 0.5) is 5.69 Å². The molecule has 1 aliphatic rings. The van der Waals surface area contributed by atoms with Crippen molar-refractivity contribution in [1.82, 2.24) is 5.32 Å². The molecule has 0 spiro atoms. The zero-order chi connectivity index (χ0) is 20.1. The van der Waals surface area contributed by atoms with Gasteiger partial charge in [-0.05, 0) is 44.4 Å². The van der Waals surface area contributed by atoms with Gasteiger partial charge in [-0.15, -0.1) is 0 Å². The maximum absolute atomic E-state index is 11.5. The molecule has 2 atom stereocenters. The zero-order valence-electron chi connectivity index (χ0n) is 16.4. The predicted molar refractivity (Wildman–Crippen MR) is 109 cm³/mol. The van der Waals surface area contributed by atoms with Crippen molar-refractivity contribution >= 4 is 11.6 Å². The van der Waals surface area contributed by atoms with Crippen molar-refractivity contribution in [2.24, 2.45) is 0 Å². The number of nitrogens with one attached hydrogen (secondary N) is 2. The Balaban J connectivity index is 1.48. The first-order chi connectivity index (χ1) is 13.4. The maximum atomic E-state index is 11.5. The van der Waals surface area contributed by atoms with E-state index in [1.165, 1.54) is 17.2 Å². The molecule has 6 nitrogen and oxygen atoms in total. The molecule has 150 valence electrons. The smallest absolute Gasteiger partial charge is 0.224 e. The molecule has 0 aromatic heterocycles. The fourth-order valence-corrected chi connectivity index (χ4v) is 3.31. The van der Waals surface area contributed by atoms with Crippen molar-refractivity contribution in [3.63, 3.8) is 0 Å². The van der Waals surface area contributed by atoms with E-state index in [2.05, 4.69) is 48.7 Å². The van der Waals surface area contributed by atoms with Gasteiger partial charge in [0.2, 0.25) is 5.91 Å². The van der Waals surface area contributed by atoms with Gasteiger partial charge in [0.25, 0.3) is 0 Å². The molecule has 0 saturated carbocycles. The Morgan fingerprint density at radius 2 is 1.93 bits per heavy atom. The van der Waals surface area contributed by atoms with Gasteiger partial charge in [-0.2, -0.15) is 0 Å². The van der Waals surface area contributed by atoms with E-state index in [1.54, 1.807) is 6.07 Å². The summed E-state index contributed by atoms with van der Waals surface area (Å²) in [5, 5.41) is 26.2. The predicted octanol–water partition coefficient (Wildman–Crippen LogP) is 2.55. The summed E-state index contributed by atoms with van der Waals surface area (Å²) in [6.07, 6.45) is 1.09. The van der Waals surface area contributed by atoms with E-state index in [0.29, 0.717) is 30.8 Å². The minimum atomic E-state index is -0.664. The summed E-state index contributed by atoms with van der Waals surface area (Å²) in [7, 11) is 0. The minimum Gasteiger partial charge on any atom is -0.506 e. The average Bonchev–Trinajstić information content (AvgIpc) is 2.68. The average molecular weight is 384 g/mol. The van der Waals surface area contributed by atoms with Crippen molar-refractivity contribution in [2.75, 3.05) is 18.5 Å². The molecule has 1 aliphatic heterocycles. The van der Waals surface area contributed by atoms with Crippen molar-refractivity contribution in [2.45, 2.75) is 45.3 Å². The molecule has 0 aliphatic carbocycles. The number of hydrogen-bond donors (Lipinski definition) is 4. The molecular formula is C22H28N2O4. The normalized spacial score (nSPS) is 15.5. The van der Waals surface area contributed by atoms with Crippen molar-refractivity contribution in [1.29, 1.82) is 0 Å². The van der Waals surface area contributed by atoms with Crippen LogP contribution in [0.25, 0.3) is 0 Å². The summed E-state index contributed by atoms with van der Waals surface area (Å²) < 4.78 is 5.77. The van der Waals surface area contributed by atoms with Gasteiger partial charge in [-0.1, -0.05) is 29.8 Å². The first kappa shape index (κ1) is 20.2. The molecule has 0 radical (unpaired) electrons. The fraction of sp³-hybridized carbons (Fsp3) is 0.409. The van der Waals surface area contributed by atoms with Crippen LogP contribution in [0.5, 0.6) is 11.5 Å². The molecule has 2 aromatic carbocycles. The molecule has 0 saturated heterocycles. The number of aryl methyl sites for hydroxylation is 1. The molecule has 1 heterocycles. The second kappa shape index (κ2) is 9.08. The third kappa shape index (κ3) is 5.24.